The maximum absolute atomic E-state index is 6.45. The second-order valence-electron chi connectivity index (χ2n) is 5.87. The second-order valence-corrected chi connectivity index (χ2v) is 5.87. The molecule has 0 saturated carbocycles. The predicted octanol–water partition coefficient (Wildman–Crippen LogP) is 3.99. The van der Waals surface area contributed by atoms with E-state index in [1.165, 1.54) is 19.3 Å². The van der Waals surface area contributed by atoms with Crippen LogP contribution in [0.25, 0.3) is 0 Å². The first kappa shape index (κ1) is 18.0. The second kappa shape index (κ2) is 9.80. The molecule has 0 aliphatic rings. The molecular weight excluding hydrogens is 260 g/mol. The van der Waals surface area contributed by atoms with Crippen LogP contribution in [0.5, 0.6) is 5.75 Å². The van der Waals surface area contributed by atoms with Gasteiger partial charge in [-0.05, 0) is 39.8 Å². The molecular formula is C18H32N2O. The summed E-state index contributed by atoms with van der Waals surface area (Å²) in [5, 5.41) is 0. The first-order valence-electron chi connectivity index (χ1n) is 8.31. The summed E-state index contributed by atoms with van der Waals surface area (Å²) in [4.78, 5) is 2.48. The van der Waals surface area contributed by atoms with Gasteiger partial charge in [0.05, 0.1) is 6.61 Å². The fourth-order valence-corrected chi connectivity index (χ4v) is 2.55. The number of nitrogens with zero attached hydrogens (tertiary/aromatic N) is 1. The van der Waals surface area contributed by atoms with Crippen molar-refractivity contribution in [3.8, 4) is 5.75 Å². The van der Waals surface area contributed by atoms with Crippen molar-refractivity contribution >= 4 is 0 Å². The van der Waals surface area contributed by atoms with Crippen molar-refractivity contribution < 1.29 is 4.74 Å². The number of nitrogens with two attached hydrogens (primary N) is 1. The van der Waals surface area contributed by atoms with Gasteiger partial charge in [-0.3, -0.25) is 4.90 Å². The van der Waals surface area contributed by atoms with E-state index in [2.05, 4.69) is 31.7 Å². The summed E-state index contributed by atoms with van der Waals surface area (Å²) in [6.07, 6.45) is 3.79. The average molecular weight is 292 g/mol. The third-order valence-electron chi connectivity index (χ3n) is 3.83. The Morgan fingerprint density at radius 3 is 2.48 bits per heavy atom. The topological polar surface area (TPSA) is 38.5 Å². The molecule has 0 amide bonds. The van der Waals surface area contributed by atoms with E-state index in [0.717, 1.165) is 24.4 Å². The number of para-hydroxylation sites is 1. The monoisotopic (exact) mass is 292 g/mol. The van der Waals surface area contributed by atoms with Crippen LogP contribution in [0.1, 0.15) is 58.6 Å². The number of hydrogen-bond donors (Lipinski definition) is 1. The molecule has 1 unspecified atom stereocenters. The van der Waals surface area contributed by atoms with Crippen molar-refractivity contribution in [2.75, 3.05) is 19.7 Å². The number of rotatable bonds is 10. The molecule has 0 fully saturated rings. The lowest BCUT2D eigenvalue weighted by atomic mass is 10.0. The fourth-order valence-electron chi connectivity index (χ4n) is 2.55. The molecule has 0 aliphatic heterocycles. The van der Waals surface area contributed by atoms with E-state index in [9.17, 15) is 0 Å². The third kappa shape index (κ3) is 6.06. The minimum Gasteiger partial charge on any atom is -0.494 e. The highest BCUT2D eigenvalue weighted by molar-refractivity contribution is 5.36. The molecule has 2 N–H and O–H groups in total. The highest BCUT2D eigenvalue weighted by Gasteiger charge is 2.17. The van der Waals surface area contributed by atoms with Gasteiger partial charge in [0.25, 0.3) is 0 Å². The van der Waals surface area contributed by atoms with Crippen molar-refractivity contribution in [3.63, 3.8) is 0 Å². The zero-order chi connectivity index (χ0) is 15.7. The highest BCUT2D eigenvalue weighted by Crippen LogP contribution is 2.24. The third-order valence-corrected chi connectivity index (χ3v) is 3.83. The van der Waals surface area contributed by atoms with Crippen molar-refractivity contribution in [1.82, 2.24) is 4.90 Å². The lowest BCUT2D eigenvalue weighted by Gasteiger charge is -2.30. The highest BCUT2D eigenvalue weighted by atomic mass is 16.5. The fraction of sp³-hybridized carbons (Fsp3) is 0.667. The first-order valence-corrected chi connectivity index (χ1v) is 8.31. The summed E-state index contributed by atoms with van der Waals surface area (Å²) < 4.78 is 5.70. The molecule has 21 heavy (non-hydrogen) atoms. The summed E-state index contributed by atoms with van der Waals surface area (Å²) in [6, 6.07) is 8.65. The number of ether oxygens (including phenoxy) is 1. The standard InChI is InChI=1S/C18H32N2O/c1-5-7-10-13-20(15(3)4)14-17(19)16-11-8-9-12-18(16)21-6-2/h8-9,11-12,15,17H,5-7,10,13-14,19H2,1-4H3. The van der Waals surface area contributed by atoms with E-state index in [0.29, 0.717) is 12.6 Å². The van der Waals surface area contributed by atoms with Crippen LogP contribution in [-0.2, 0) is 0 Å². The lowest BCUT2D eigenvalue weighted by molar-refractivity contribution is 0.203. The Morgan fingerprint density at radius 1 is 1.14 bits per heavy atom. The molecule has 1 rings (SSSR count). The maximum Gasteiger partial charge on any atom is 0.124 e. The average Bonchev–Trinajstić information content (AvgIpc) is 2.47. The van der Waals surface area contributed by atoms with Gasteiger partial charge < -0.3 is 10.5 Å². The number of hydrogen-bond acceptors (Lipinski definition) is 3. The predicted molar refractivity (Wildman–Crippen MR) is 90.8 cm³/mol. The van der Waals surface area contributed by atoms with Crippen LogP contribution in [0.2, 0.25) is 0 Å². The summed E-state index contributed by atoms with van der Waals surface area (Å²) in [7, 11) is 0. The van der Waals surface area contributed by atoms with Crippen LogP contribution in [0.4, 0.5) is 0 Å². The lowest BCUT2D eigenvalue weighted by Crippen LogP contribution is -2.38. The molecule has 0 spiro atoms. The van der Waals surface area contributed by atoms with Gasteiger partial charge in [0.1, 0.15) is 5.75 Å². The van der Waals surface area contributed by atoms with Crippen molar-refractivity contribution in [2.24, 2.45) is 5.73 Å². The summed E-state index contributed by atoms with van der Waals surface area (Å²) in [5.41, 5.74) is 7.56. The van der Waals surface area contributed by atoms with Gasteiger partial charge in [-0.25, -0.2) is 0 Å². The minimum atomic E-state index is -0.00298. The Hall–Kier alpha value is -1.06. The number of unbranched alkanes of at least 4 members (excludes halogenated alkanes) is 2. The van der Waals surface area contributed by atoms with E-state index < -0.39 is 0 Å². The van der Waals surface area contributed by atoms with Crippen LogP contribution in [0, 0.1) is 0 Å². The van der Waals surface area contributed by atoms with Gasteiger partial charge in [0, 0.05) is 24.2 Å². The molecule has 0 saturated heterocycles. The maximum atomic E-state index is 6.45. The van der Waals surface area contributed by atoms with Crippen LogP contribution in [-0.4, -0.2) is 30.6 Å². The van der Waals surface area contributed by atoms with Crippen molar-refractivity contribution in [1.29, 1.82) is 0 Å². The van der Waals surface area contributed by atoms with Crippen LogP contribution < -0.4 is 10.5 Å². The zero-order valence-electron chi connectivity index (χ0n) is 14.1. The van der Waals surface area contributed by atoms with Crippen LogP contribution >= 0.6 is 0 Å². The van der Waals surface area contributed by atoms with Gasteiger partial charge in [-0.15, -0.1) is 0 Å². The van der Waals surface area contributed by atoms with Gasteiger partial charge >= 0.3 is 0 Å². The molecule has 1 aromatic rings. The van der Waals surface area contributed by atoms with Gasteiger partial charge in [-0.2, -0.15) is 0 Å². The van der Waals surface area contributed by atoms with E-state index >= 15 is 0 Å². The Bertz CT molecular complexity index is 393. The Kier molecular flexibility index (Phi) is 8.40. The molecule has 1 atom stereocenters. The SMILES string of the molecule is CCCCCN(CC(N)c1ccccc1OCC)C(C)C. The Balaban J connectivity index is 2.70. The van der Waals surface area contributed by atoms with Crippen LogP contribution in [0.15, 0.2) is 24.3 Å². The smallest absolute Gasteiger partial charge is 0.124 e. The van der Waals surface area contributed by atoms with Gasteiger partial charge in [0.2, 0.25) is 0 Å². The molecule has 1 aromatic carbocycles. The van der Waals surface area contributed by atoms with E-state index in [4.69, 9.17) is 10.5 Å². The quantitative estimate of drug-likeness (QED) is 0.663. The van der Waals surface area contributed by atoms with Crippen molar-refractivity contribution in [2.45, 2.75) is 59.0 Å². The first-order chi connectivity index (χ1) is 10.1. The summed E-state index contributed by atoms with van der Waals surface area (Å²) in [5.74, 6) is 0.921. The number of benzene rings is 1. The largest absolute Gasteiger partial charge is 0.494 e. The normalized spacial score (nSPS) is 12.9. The Labute approximate surface area is 130 Å². The molecule has 0 heterocycles. The van der Waals surface area contributed by atoms with E-state index in [1.807, 2.05) is 25.1 Å². The zero-order valence-corrected chi connectivity index (χ0v) is 14.1. The minimum absolute atomic E-state index is 0.00298. The Morgan fingerprint density at radius 2 is 1.86 bits per heavy atom. The van der Waals surface area contributed by atoms with Crippen LogP contribution in [0.3, 0.4) is 0 Å². The molecule has 0 bridgehead atoms. The molecule has 3 nitrogen and oxygen atoms in total. The molecule has 0 radical (unpaired) electrons. The van der Waals surface area contributed by atoms with E-state index in [1.54, 1.807) is 0 Å². The molecule has 0 aliphatic carbocycles. The molecule has 120 valence electrons. The molecule has 0 aromatic heterocycles. The van der Waals surface area contributed by atoms with Gasteiger partial charge in [0.15, 0.2) is 0 Å². The summed E-state index contributed by atoms with van der Waals surface area (Å²) in [6.45, 7) is 11.4. The van der Waals surface area contributed by atoms with Crippen molar-refractivity contribution in [3.05, 3.63) is 29.8 Å². The van der Waals surface area contributed by atoms with Gasteiger partial charge in [-0.1, -0.05) is 38.0 Å². The van der Waals surface area contributed by atoms with E-state index in [-0.39, 0.29) is 6.04 Å². The molecule has 3 heteroatoms. The summed E-state index contributed by atoms with van der Waals surface area (Å²) >= 11 is 0.